The molecule has 104 valence electrons. The smallest absolute Gasteiger partial charge is 0.251 e. The third-order valence-electron chi connectivity index (χ3n) is 2.51. The van der Waals surface area contributed by atoms with Crippen molar-refractivity contribution in [2.24, 2.45) is 0 Å². The number of hydrogen-bond acceptors (Lipinski definition) is 3. The Kier molecular flexibility index (Phi) is 5.82. The van der Waals surface area contributed by atoms with Crippen LogP contribution in [-0.4, -0.2) is 31.5 Å². The first-order valence-electron chi connectivity index (χ1n) is 5.91. The summed E-state index contributed by atoms with van der Waals surface area (Å²) in [6.07, 6.45) is 0. The van der Waals surface area contributed by atoms with E-state index < -0.39 is 6.04 Å². The molecule has 19 heavy (non-hydrogen) atoms. The molecule has 1 rings (SSSR count). The van der Waals surface area contributed by atoms with Crippen LogP contribution >= 0.6 is 15.9 Å². The molecule has 0 unspecified atom stereocenters. The highest BCUT2D eigenvalue weighted by Gasteiger charge is 2.16. The lowest BCUT2D eigenvalue weighted by atomic mass is 10.2. The number of hydrogen-bond donors (Lipinski definition) is 2. The van der Waals surface area contributed by atoms with Gasteiger partial charge in [-0.2, -0.15) is 0 Å². The predicted molar refractivity (Wildman–Crippen MR) is 76.3 cm³/mol. The molecular weight excluding hydrogens is 312 g/mol. The number of carbonyl (C=O) groups excluding carboxylic acids is 2. The summed E-state index contributed by atoms with van der Waals surface area (Å²) in [6.45, 7) is 4.00. The summed E-state index contributed by atoms with van der Waals surface area (Å²) in [7, 11) is 1.55. The highest BCUT2D eigenvalue weighted by Crippen LogP contribution is 2.25. The van der Waals surface area contributed by atoms with Gasteiger partial charge >= 0.3 is 0 Å². The van der Waals surface area contributed by atoms with E-state index >= 15 is 0 Å². The second-order valence-electron chi connectivity index (χ2n) is 3.94. The van der Waals surface area contributed by atoms with Crippen molar-refractivity contribution in [2.45, 2.75) is 19.9 Å². The molecule has 0 aliphatic rings. The van der Waals surface area contributed by atoms with Crippen molar-refractivity contribution in [2.75, 3.05) is 13.7 Å². The second kappa shape index (κ2) is 7.13. The van der Waals surface area contributed by atoms with Gasteiger partial charge in [0.25, 0.3) is 5.91 Å². The van der Waals surface area contributed by atoms with Crippen LogP contribution in [0.1, 0.15) is 24.2 Å². The number of amides is 2. The zero-order valence-electron chi connectivity index (χ0n) is 11.1. The number of ether oxygens (including phenoxy) is 1. The highest BCUT2D eigenvalue weighted by atomic mass is 79.9. The van der Waals surface area contributed by atoms with Gasteiger partial charge in [-0.15, -0.1) is 0 Å². The highest BCUT2D eigenvalue weighted by molar-refractivity contribution is 9.10. The molecule has 0 heterocycles. The third-order valence-corrected chi connectivity index (χ3v) is 3.13. The molecule has 0 saturated heterocycles. The third kappa shape index (κ3) is 4.24. The summed E-state index contributed by atoms with van der Waals surface area (Å²) in [5, 5.41) is 5.28. The quantitative estimate of drug-likeness (QED) is 0.864. The van der Waals surface area contributed by atoms with Crippen LogP contribution in [0.2, 0.25) is 0 Å². The van der Waals surface area contributed by atoms with Crippen molar-refractivity contribution in [3.05, 3.63) is 28.2 Å². The monoisotopic (exact) mass is 328 g/mol. The van der Waals surface area contributed by atoms with Crippen molar-refractivity contribution in [3.8, 4) is 5.75 Å². The number of methoxy groups -OCH3 is 1. The van der Waals surface area contributed by atoms with E-state index in [0.717, 1.165) is 0 Å². The fourth-order valence-corrected chi connectivity index (χ4v) is 2.02. The van der Waals surface area contributed by atoms with Crippen molar-refractivity contribution in [1.29, 1.82) is 0 Å². The Morgan fingerprint density at radius 2 is 2.11 bits per heavy atom. The van der Waals surface area contributed by atoms with Crippen LogP contribution < -0.4 is 15.4 Å². The maximum atomic E-state index is 12.0. The van der Waals surface area contributed by atoms with Crippen molar-refractivity contribution in [1.82, 2.24) is 10.6 Å². The molecule has 0 saturated carbocycles. The van der Waals surface area contributed by atoms with Gasteiger partial charge in [0, 0.05) is 12.1 Å². The van der Waals surface area contributed by atoms with E-state index in [1.807, 2.05) is 6.92 Å². The Bertz CT molecular complexity index is 477. The summed E-state index contributed by atoms with van der Waals surface area (Å²) >= 11 is 3.31. The summed E-state index contributed by atoms with van der Waals surface area (Å²) in [4.78, 5) is 23.5. The van der Waals surface area contributed by atoms with Crippen LogP contribution in [-0.2, 0) is 4.79 Å². The summed E-state index contributed by atoms with van der Waals surface area (Å²) in [6, 6.07) is 4.41. The van der Waals surface area contributed by atoms with Crippen LogP contribution in [0.3, 0.4) is 0 Å². The minimum absolute atomic E-state index is 0.205. The van der Waals surface area contributed by atoms with Gasteiger partial charge in [-0.25, -0.2) is 0 Å². The van der Waals surface area contributed by atoms with Crippen molar-refractivity contribution < 1.29 is 14.3 Å². The fraction of sp³-hybridized carbons (Fsp3) is 0.385. The van der Waals surface area contributed by atoms with Gasteiger partial charge in [-0.1, -0.05) is 0 Å². The van der Waals surface area contributed by atoms with Gasteiger partial charge in [-0.05, 0) is 48.0 Å². The van der Waals surface area contributed by atoms with Crippen LogP contribution in [0.4, 0.5) is 0 Å². The molecule has 0 bridgehead atoms. The van der Waals surface area contributed by atoms with Gasteiger partial charge < -0.3 is 15.4 Å². The zero-order valence-corrected chi connectivity index (χ0v) is 12.7. The minimum Gasteiger partial charge on any atom is -0.496 e. The SMILES string of the molecule is CCNC(=O)[C@@H](C)NC(=O)c1ccc(OC)c(Br)c1. The van der Waals surface area contributed by atoms with Crippen molar-refractivity contribution >= 4 is 27.7 Å². The maximum absolute atomic E-state index is 12.0. The average molecular weight is 329 g/mol. The van der Waals surface area contributed by atoms with E-state index in [9.17, 15) is 9.59 Å². The number of rotatable bonds is 5. The lowest BCUT2D eigenvalue weighted by Crippen LogP contribution is -2.44. The van der Waals surface area contributed by atoms with E-state index in [4.69, 9.17) is 4.74 Å². The summed E-state index contributed by atoms with van der Waals surface area (Å²) < 4.78 is 5.78. The number of benzene rings is 1. The van der Waals surface area contributed by atoms with Crippen LogP contribution in [0, 0.1) is 0 Å². The first-order chi connectivity index (χ1) is 8.99. The minimum atomic E-state index is -0.576. The molecule has 0 aliphatic heterocycles. The Balaban J connectivity index is 2.73. The van der Waals surface area contributed by atoms with E-state index in [1.165, 1.54) is 0 Å². The Labute approximate surface area is 120 Å². The lowest BCUT2D eigenvalue weighted by molar-refractivity contribution is -0.122. The molecule has 0 spiro atoms. The number of likely N-dealkylation sites (N-methyl/N-ethyl adjacent to an activating group) is 1. The maximum Gasteiger partial charge on any atom is 0.251 e. The van der Waals surface area contributed by atoms with Gasteiger partial charge in [0.1, 0.15) is 11.8 Å². The molecular formula is C13H17BrN2O3. The molecule has 2 amide bonds. The topological polar surface area (TPSA) is 67.4 Å². The van der Waals surface area contributed by atoms with Gasteiger partial charge in [0.15, 0.2) is 0 Å². The first-order valence-corrected chi connectivity index (χ1v) is 6.71. The molecule has 0 radical (unpaired) electrons. The van der Waals surface area contributed by atoms with Crippen LogP contribution in [0.25, 0.3) is 0 Å². The molecule has 6 heteroatoms. The van der Waals surface area contributed by atoms with E-state index in [1.54, 1.807) is 32.2 Å². The molecule has 0 fully saturated rings. The predicted octanol–water partition coefficient (Wildman–Crippen LogP) is 1.71. The molecule has 5 nitrogen and oxygen atoms in total. The second-order valence-corrected chi connectivity index (χ2v) is 4.79. The largest absolute Gasteiger partial charge is 0.496 e. The van der Waals surface area contributed by atoms with Crippen LogP contribution in [0.15, 0.2) is 22.7 Å². The summed E-state index contributed by atoms with van der Waals surface area (Å²) in [5.41, 5.74) is 0.462. The Hall–Kier alpha value is -1.56. The number of carbonyl (C=O) groups is 2. The fourth-order valence-electron chi connectivity index (χ4n) is 1.48. The average Bonchev–Trinajstić information content (AvgIpc) is 2.38. The van der Waals surface area contributed by atoms with E-state index in [0.29, 0.717) is 22.3 Å². The standard InChI is InChI=1S/C13H17BrN2O3/c1-4-15-12(17)8(2)16-13(18)9-5-6-11(19-3)10(14)7-9/h5-8H,4H2,1-3H3,(H,15,17)(H,16,18)/t8-/m1/s1. The number of halogens is 1. The molecule has 1 atom stereocenters. The van der Waals surface area contributed by atoms with Crippen LogP contribution in [0.5, 0.6) is 5.75 Å². The molecule has 0 aliphatic carbocycles. The lowest BCUT2D eigenvalue weighted by Gasteiger charge is -2.13. The van der Waals surface area contributed by atoms with E-state index in [-0.39, 0.29) is 11.8 Å². The Morgan fingerprint density at radius 1 is 1.42 bits per heavy atom. The molecule has 1 aromatic carbocycles. The Morgan fingerprint density at radius 3 is 2.63 bits per heavy atom. The normalized spacial score (nSPS) is 11.6. The zero-order chi connectivity index (χ0) is 14.4. The first kappa shape index (κ1) is 15.5. The van der Waals surface area contributed by atoms with E-state index in [2.05, 4.69) is 26.6 Å². The number of nitrogens with one attached hydrogen (secondary N) is 2. The molecule has 2 N–H and O–H groups in total. The van der Waals surface area contributed by atoms with Gasteiger partial charge in [0.05, 0.1) is 11.6 Å². The molecule has 1 aromatic rings. The van der Waals surface area contributed by atoms with Gasteiger partial charge in [0.2, 0.25) is 5.91 Å². The molecule has 0 aromatic heterocycles. The van der Waals surface area contributed by atoms with Gasteiger partial charge in [-0.3, -0.25) is 9.59 Å². The van der Waals surface area contributed by atoms with Crippen molar-refractivity contribution in [3.63, 3.8) is 0 Å². The summed E-state index contributed by atoms with van der Waals surface area (Å²) in [5.74, 6) is 0.138.